The number of H-pyrrole nitrogens is 1. The molecule has 1 unspecified atom stereocenters. The van der Waals surface area contributed by atoms with Crippen molar-refractivity contribution in [2.24, 2.45) is 0 Å². The van der Waals surface area contributed by atoms with Gasteiger partial charge in [-0.1, -0.05) is 68.4 Å². The number of nitrogens with zero attached hydrogens (tertiary/aromatic N) is 2. The molecule has 8 heteroatoms. The molecule has 216 valence electrons. The maximum Gasteiger partial charge on any atom is 0.251 e. The lowest BCUT2D eigenvalue weighted by atomic mass is 9.99. The van der Waals surface area contributed by atoms with Crippen LogP contribution in [0, 0.1) is 0 Å². The summed E-state index contributed by atoms with van der Waals surface area (Å²) in [5.74, 6) is 0.457. The molecule has 0 radical (unpaired) electrons. The van der Waals surface area contributed by atoms with Gasteiger partial charge in [0.05, 0.1) is 12.6 Å². The van der Waals surface area contributed by atoms with Crippen LogP contribution in [0.3, 0.4) is 0 Å². The Balaban J connectivity index is 1.40. The van der Waals surface area contributed by atoms with Gasteiger partial charge in [-0.15, -0.1) is 0 Å². The summed E-state index contributed by atoms with van der Waals surface area (Å²) in [5, 5.41) is 11.8. The summed E-state index contributed by atoms with van der Waals surface area (Å²) < 4.78 is 0. The van der Waals surface area contributed by atoms with Crippen LogP contribution in [-0.2, 0) is 17.9 Å². The van der Waals surface area contributed by atoms with E-state index in [1.807, 2.05) is 55.5 Å². The van der Waals surface area contributed by atoms with Gasteiger partial charge in [0.15, 0.2) is 0 Å². The summed E-state index contributed by atoms with van der Waals surface area (Å²) in [6, 6.07) is 21.0. The number of carbonyl (C=O) groups is 2. The molecule has 0 aliphatic carbocycles. The number of hydrogen-bond donors (Lipinski definition) is 4. The highest BCUT2D eigenvalue weighted by Crippen LogP contribution is 2.24. The van der Waals surface area contributed by atoms with E-state index in [9.17, 15) is 9.59 Å². The first-order chi connectivity index (χ1) is 20.0. The standard InChI is InChI=1S/C33H42N6O2/c1-4-39(5-2)21-9-14-30(33(41)37-24(3)28-13-8-11-26-10-6-7-12-29(26)28)38-32(40)27-17-15-25(16-18-27)22-34-23-31-35-19-20-36-31/h6-8,10-13,15-20,24,30,34H,4-5,9,14,21-23H2,1-3H3,(H,35,36)(H,37,41)(H,38,40)/t24?,30-/m0/s1. The number of hydrogen-bond acceptors (Lipinski definition) is 5. The molecule has 1 aromatic heterocycles. The van der Waals surface area contributed by atoms with E-state index in [2.05, 4.69) is 62.9 Å². The highest BCUT2D eigenvalue weighted by Gasteiger charge is 2.24. The summed E-state index contributed by atoms with van der Waals surface area (Å²) in [7, 11) is 0. The first-order valence-electron chi connectivity index (χ1n) is 14.6. The normalized spacial score (nSPS) is 12.8. The maximum atomic E-state index is 13.6. The van der Waals surface area contributed by atoms with Crippen LogP contribution in [-0.4, -0.2) is 52.4 Å². The van der Waals surface area contributed by atoms with Crippen molar-refractivity contribution < 1.29 is 9.59 Å². The van der Waals surface area contributed by atoms with Crippen LogP contribution < -0.4 is 16.0 Å². The van der Waals surface area contributed by atoms with Gasteiger partial charge in [-0.3, -0.25) is 9.59 Å². The molecule has 4 aromatic rings. The third-order valence-corrected chi connectivity index (χ3v) is 7.52. The predicted molar refractivity (Wildman–Crippen MR) is 164 cm³/mol. The van der Waals surface area contributed by atoms with E-state index in [-0.39, 0.29) is 17.9 Å². The average Bonchev–Trinajstić information content (AvgIpc) is 3.52. The quantitative estimate of drug-likeness (QED) is 0.167. The van der Waals surface area contributed by atoms with Crippen LogP contribution in [0.5, 0.6) is 0 Å². The van der Waals surface area contributed by atoms with Crippen molar-refractivity contribution in [2.45, 2.75) is 58.8 Å². The zero-order valence-corrected chi connectivity index (χ0v) is 24.3. The van der Waals surface area contributed by atoms with Gasteiger partial charge in [0.1, 0.15) is 11.9 Å². The van der Waals surface area contributed by atoms with E-state index >= 15 is 0 Å². The molecule has 0 aliphatic heterocycles. The highest BCUT2D eigenvalue weighted by molar-refractivity contribution is 5.97. The van der Waals surface area contributed by atoms with Gasteiger partial charge >= 0.3 is 0 Å². The number of amides is 2. The Hall–Kier alpha value is -4.01. The number of aromatic amines is 1. The number of fused-ring (bicyclic) bond motifs is 1. The first kappa shape index (κ1) is 30.0. The van der Waals surface area contributed by atoms with E-state index in [4.69, 9.17) is 0 Å². The van der Waals surface area contributed by atoms with E-state index in [0.29, 0.717) is 25.1 Å². The largest absolute Gasteiger partial charge is 0.348 e. The fraction of sp³-hybridized carbons (Fsp3) is 0.364. The van der Waals surface area contributed by atoms with Crippen molar-refractivity contribution in [2.75, 3.05) is 19.6 Å². The third kappa shape index (κ3) is 8.49. The van der Waals surface area contributed by atoms with Crippen molar-refractivity contribution in [1.29, 1.82) is 0 Å². The first-order valence-corrected chi connectivity index (χ1v) is 14.6. The Labute approximate surface area is 242 Å². The lowest BCUT2D eigenvalue weighted by Gasteiger charge is -2.24. The Morgan fingerprint density at radius 1 is 0.927 bits per heavy atom. The second kappa shape index (κ2) is 15.1. The fourth-order valence-corrected chi connectivity index (χ4v) is 5.08. The molecular formula is C33H42N6O2. The summed E-state index contributed by atoms with van der Waals surface area (Å²) >= 11 is 0. The average molecular weight is 555 g/mol. The van der Waals surface area contributed by atoms with Gasteiger partial charge in [-0.05, 0) is 73.4 Å². The van der Waals surface area contributed by atoms with E-state index < -0.39 is 6.04 Å². The molecule has 0 saturated carbocycles. The Morgan fingerprint density at radius 3 is 2.41 bits per heavy atom. The molecule has 41 heavy (non-hydrogen) atoms. The Bertz CT molecular complexity index is 1380. The second-order valence-corrected chi connectivity index (χ2v) is 10.3. The number of nitrogens with one attached hydrogen (secondary N) is 4. The highest BCUT2D eigenvalue weighted by atomic mass is 16.2. The lowest BCUT2D eigenvalue weighted by molar-refractivity contribution is -0.123. The summed E-state index contributed by atoms with van der Waals surface area (Å²) in [5.41, 5.74) is 2.65. The van der Waals surface area contributed by atoms with E-state index in [1.165, 1.54) is 0 Å². The molecule has 0 aliphatic rings. The number of aromatic nitrogens is 2. The maximum absolute atomic E-state index is 13.6. The molecule has 1 heterocycles. The van der Waals surface area contributed by atoms with Crippen LogP contribution >= 0.6 is 0 Å². The topological polar surface area (TPSA) is 102 Å². The fourth-order valence-electron chi connectivity index (χ4n) is 5.08. The number of benzene rings is 3. The summed E-state index contributed by atoms with van der Waals surface area (Å²) in [6.07, 6.45) is 4.89. The molecule has 2 amide bonds. The molecular weight excluding hydrogens is 512 g/mol. The van der Waals surface area contributed by atoms with Crippen molar-refractivity contribution in [1.82, 2.24) is 30.8 Å². The molecule has 4 N–H and O–H groups in total. The minimum atomic E-state index is -0.634. The summed E-state index contributed by atoms with van der Waals surface area (Å²) in [4.78, 5) is 36.4. The van der Waals surface area contributed by atoms with E-state index in [0.717, 1.165) is 53.8 Å². The van der Waals surface area contributed by atoms with Crippen LogP contribution in [0.2, 0.25) is 0 Å². The molecule has 4 rings (SSSR count). The number of rotatable bonds is 15. The molecule has 8 nitrogen and oxygen atoms in total. The van der Waals surface area contributed by atoms with Gasteiger partial charge in [0.2, 0.25) is 5.91 Å². The molecule has 3 aromatic carbocycles. The molecule has 0 spiro atoms. The monoisotopic (exact) mass is 554 g/mol. The van der Waals surface area contributed by atoms with Gasteiger partial charge in [-0.2, -0.15) is 0 Å². The van der Waals surface area contributed by atoms with Gasteiger partial charge in [0.25, 0.3) is 5.91 Å². The zero-order chi connectivity index (χ0) is 29.0. The minimum Gasteiger partial charge on any atom is -0.348 e. The molecule has 0 saturated heterocycles. The molecule has 0 bridgehead atoms. The van der Waals surface area contributed by atoms with Crippen LogP contribution in [0.4, 0.5) is 0 Å². The van der Waals surface area contributed by atoms with Gasteiger partial charge < -0.3 is 25.8 Å². The van der Waals surface area contributed by atoms with Crippen molar-refractivity contribution in [3.63, 3.8) is 0 Å². The minimum absolute atomic E-state index is 0.169. The second-order valence-electron chi connectivity index (χ2n) is 10.3. The lowest BCUT2D eigenvalue weighted by Crippen LogP contribution is -2.47. The van der Waals surface area contributed by atoms with E-state index in [1.54, 1.807) is 12.4 Å². The van der Waals surface area contributed by atoms with Crippen LogP contribution in [0.1, 0.15) is 67.0 Å². The SMILES string of the molecule is CCN(CC)CCC[C@H](NC(=O)c1ccc(CNCc2ncc[nH]2)cc1)C(=O)NC(C)c1cccc2ccccc12. The third-order valence-electron chi connectivity index (χ3n) is 7.52. The predicted octanol–water partition coefficient (Wildman–Crippen LogP) is 4.95. The summed E-state index contributed by atoms with van der Waals surface area (Å²) in [6.45, 7) is 10.4. The van der Waals surface area contributed by atoms with Crippen molar-refractivity contribution in [3.05, 3.63) is 102 Å². The Kier molecular flexibility index (Phi) is 11.0. The number of carbonyl (C=O) groups excluding carboxylic acids is 2. The Morgan fingerprint density at radius 2 is 1.68 bits per heavy atom. The van der Waals surface area contributed by atoms with Gasteiger partial charge in [-0.25, -0.2) is 4.98 Å². The van der Waals surface area contributed by atoms with Gasteiger partial charge in [0, 0.05) is 24.5 Å². The number of imidazole rings is 1. The van der Waals surface area contributed by atoms with Crippen molar-refractivity contribution >= 4 is 22.6 Å². The van der Waals surface area contributed by atoms with Crippen LogP contribution in [0.25, 0.3) is 10.8 Å². The molecule has 2 atom stereocenters. The smallest absolute Gasteiger partial charge is 0.251 e. The van der Waals surface area contributed by atoms with Crippen molar-refractivity contribution in [3.8, 4) is 0 Å². The van der Waals surface area contributed by atoms with Crippen LogP contribution in [0.15, 0.2) is 79.1 Å². The molecule has 0 fully saturated rings. The zero-order valence-electron chi connectivity index (χ0n) is 24.3.